The van der Waals surface area contributed by atoms with Gasteiger partial charge in [0, 0.05) is 33.1 Å². The molecule has 2 aliphatic heterocycles. The van der Waals surface area contributed by atoms with E-state index in [1.807, 2.05) is 12.1 Å². The van der Waals surface area contributed by atoms with Crippen LogP contribution in [0.5, 0.6) is 0 Å². The number of hydrogen-bond donors (Lipinski definition) is 2. The van der Waals surface area contributed by atoms with Crippen LogP contribution in [0.2, 0.25) is 0 Å². The molecule has 0 aromatic heterocycles. The predicted molar refractivity (Wildman–Crippen MR) is 110 cm³/mol. The molecule has 30 heavy (non-hydrogen) atoms. The standard InChI is InChI=1S/C8H6O3.C7H4Br2O.C4H8O2.CO2/c9-7-5-3-1-2-4-6(5)8(10)11-7;8-6-1-2-7(9)5(3-6)4-10;5-4-2-1-3-6-4;2-1-3/h1-4,7,9H;1-4H;4-5H,1-3H2;. The van der Waals surface area contributed by atoms with Gasteiger partial charge < -0.3 is 19.7 Å². The molecule has 0 amide bonds. The normalized spacial score (nSPS) is 18.1. The zero-order valence-electron chi connectivity index (χ0n) is 15.5. The summed E-state index contributed by atoms with van der Waals surface area (Å²) < 4.78 is 11.0. The lowest BCUT2D eigenvalue weighted by atomic mass is 10.1. The average Bonchev–Trinajstić information content (AvgIpc) is 3.32. The highest BCUT2D eigenvalue weighted by Gasteiger charge is 2.28. The number of benzene rings is 2. The van der Waals surface area contributed by atoms with Crippen LogP contribution in [0, 0.1) is 0 Å². The Balaban J connectivity index is 0.000000218. The predicted octanol–water partition coefficient (Wildman–Crippen LogP) is 3.40. The van der Waals surface area contributed by atoms with Crippen molar-refractivity contribution in [2.45, 2.75) is 25.4 Å². The number of halogens is 2. The van der Waals surface area contributed by atoms with E-state index in [1.165, 1.54) is 0 Å². The fourth-order valence-corrected chi connectivity index (χ4v) is 3.01. The van der Waals surface area contributed by atoms with E-state index < -0.39 is 18.5 Å². The molecule has 8 nitrogen and oxygen atoms in total. The Kier molecular flexibility index (Phi) is 12.0. The molecule has 1 fully saturated rings. The van der Waals surface area contributed by atoms with Gasteiger partial charge in [0.1, 0.15) is 0 Å². The third-order valence-electron chi connectivity index (χ3n) is 3.66. The molecular formula is C20H18Br2O8. The number of cyclic esters (lactones) is 1. The smallest absolute Gasteiger partial charge is 0.373 e. The van der Waals surface area contributed by atoms with Crippen LogP contribution in [0.15, 0.2) is 51.4 Å². The number of esters is 1. The lowest BCUT2D eigenvalue weighted by Gasteiger charge is -1.98. The maximum Gasteiger partial charge on any atom is 0.373 e. The van der Waals surface area contributed by atoms with Crippen molar-refractivity contribution in [2.24, 2.45) is 0 Å². The number of rotatable bonds is 1. The molecule has 2 aromatic rings. The number of aliphatic hydroxyl groups is 2. The molecule has 0 aliphatic carbocycles. The summed E-state index contributed by atoms with van der Waals surface area (Å²) >= 11 is 6.50. The summed E-state index contributed by atoms with van der Waals surface area (Å²) in [6.07, 6.45) is 1.37. The van der Waals surface area contributed by atoms with Crippen LogP contribution >= 0.6 is 31.9 Å². The van der Waals surface area contributed by atoms with Crippen LogP contribution in [0.3, 0.4) is 0 Å². The van der Waals surface area contributed by atoms with E-state index in [4.69, 9.17) is 24.5 Å². The molecule has 0 spiro atoms. The van der Waals surface area contributed by atoms with Gasteiger partial charge in [0.05, 0.1) is 5.56 Å². The Labute approximate surface area is 189 Å². The molecule has 2 unspecified atom stereocenters. The van der Waals surface area contributed by atoms with Gasteiger partial charge in [-0.25, -0.2) is 4.79 Å². The maximum absolute atomic E-state index is 10.9. The van der Waals surface area contributed by atoms with Crippen molar-refractivity contribution in [3.8, 4) is 0 Å². The number of fused-ring (bicyclic) bond motifs is 1. The molecule has 4 rings (SSSR count). The summed E-state index contributed by atoms with van der Waals surface area (Å²) in [5, 5.41) is 17.6. The van der Waals surface area contributed by atoms with E-state index in [0.717, 1.165) is 34.7 Å². The van der Waals surface area contributed by atoms with Crippen LogP contribution in [-0.4, -0.2) is 41.5 Å². The second-order valence-corrected chi connectivity index (χ2v) is 7.45. The first-order valence-corrected chi connectivity index (χ1v) is 10.1. The summed E-state index contributed by atoms with van der Waals surface area (Å²) in [6.45, 7) is 0.737. The van der Waals surface area contributed by atoms with Gasteiger partial charge in [-0.15, -0.1) is 0 Å². The zero-order valence-corrected chi connectivity index (χ0v) is 18.7. The zero-order chi connectivity index (χ0) is 22.5. The molecule has 2 heterocycles. The van der Waals surface area contributed by atoms with Crippen molar-refractivity contribution < 1.29 is 38.9 Å². The first-order chi connectivity index (χ1) is 14.3. The van der Waals surface area contributed by atoms with Crippen molar-refractivity contribution in [1.82, 2.24) is 0 Å². The highest BCUT2D eigenvalue weighted by molar-refractivity contribution is 9.11. The van der Waals surface area contributed by atoms with E-state index in [0.29, 0.717) is 16.7 Å². The van der Waals surface area contributed by atoms with E-state index in [9.17, 15) is 9.59 Å². The third-order valence-corrected chi connectivity index (χ3v) is 4.87. The first kappa shape index (κ1) is 25.8. The van der Waals surface area contributed by atoms with Gasteiger partial charge in [-0.05, 0) is 30.7 Å². The van der Waals surface area contributed by atoms with Gasteiger partial charge in [0.2, 0.25) is 6.29 Å². The Morgan fingerprint density at radius 2 is 1.77 bits per heavy atom. The van der Waals surface area contributed by atoms with Crippen molar-refractivity contribution in [2.75, 3.05) is 6.61 Å². The molecule has 0 saturated carbocycles. The van der Waals surface area contributed by atoms with Crippen LogP contribution in [-0.2, 0) is 19.1 Å². The summed E-state index contributed by atoms with van der Waals surface area (Å²) in [7, 11) is 0. The quantitative estimate of drug-likeness (QED) is 0.412. The molecule has 160 valence electrons. The molecule has 2 atom stereocenters. The SMILES string of the molecule is O=C1OC(O)c2ccccc21.O=C=O.O=Cc1cc(Br)ccc1Br.OC1CCCO1. The monoisotopic (exact) mass is 544 g/mol. The van der Waals surface area contributed by atoms with Crippen molar-refractivity contribution in [1.29, 1.82) is 0 Å². The second kappa shape index (κ2) is 13.9. The van der Waals surface area contributed by atoms with E-state index in [-0.39, 0.29) is 6.15 Å². The molecule has 10 heteroatoms. The summed E-state index contributed by atoms with van der Waals surface area (Å²) in [5.41, 5.74) is 1.67. The van der Waals surface area contributed by atoms with Gasteiger partial charge in [-0.1, -0.05) is 50.1 Å². The minimum absolute atomic E-state index is 0.250. The van der Waals surface area contributed by atoms with E-state index in [2.05, 4.69) is 36.6 Å². The Morgan fingerprint density at radius 3 is 2.23 bits per heavy atom. The molecule has 0 radical (unpaired) electrons. The average molecular weight is 546 g/mol. The van der Waals surface area contributed by atoms with Gasteiger partial charge in [-0.3, -0.25) is 4.79 Å². The van der Waals surface area contributed by atoms with Crippen LogP contribution in [0.1, 0.15) is 45.4 Å². The maximum atomic E-state index is 10.9. The first-order valence-electron chi connectivity index (χ1n) is 8.51. The van der Waals surface area contributed by atoms with Crippen molar-refractivity contribution >= 4 is 50.3 Å². The number of aldehydes is 1. The molecule has 0 bridgehead atoms. The fourth-order valence-electron chi connectivity index (χ4n) is 2.29. The topological polar surface area (TPSA) is 127 Å². The van der Waals surface area contributed by atoms with Crippen LogP contribution in [0.25, 0.3) is 0 Å². The minimum atomic E-state index is -1.07. The molecule has 2 aromatic carbocycles. The summed E-state index contributed by atoms with van der Waals surface area (Å²) in [4.78, 5) is 37.5. The van der Waals surface area contributed by atoms with E-state index in [1.54, 1.807) is 30.3 Å². The Morgan fingerprint density at radius 1 is 1.10 bits per heavy atom. The fraction of sp³-hybridized carbons (Fsp3) is 0.250. The van der Waals surface area contributed by atoms with Crippen LogP contribution in [0.4, 0.5) is 0 Å². The lowest BCUT2D eigenvalue weighted by Crippen LogP contribution is -1.99. The van der Waals surface area contributed by atoms with Crippen molar-refractivity contribution in [3.63, 3.8) is 0 Å². The van der Waals surface area contributed by atoms with Gasteiger partial charge in [0.25, 0.3) is 0 Å². The molecule has 2 aliphatic rings. The number of hydrogen-bond acceptors (Lipinski definition) is 8. The van der Waals surface area contributed by atoms with Crippen molar-refractivity contribution in [3.05, 3.63) is 68.1 Å². The lowest BCUT2D eigenvalue weighted by molar-refractivity contribution is -0.191. The Bertz CT molecular complexity index is 875. The molecule has 1 saturated heterocycles. The molecular weight excluding hydrogens is 528 g/mol. The van der Waals surface area contributed by atoms with Gasteiger partial charge in [-0.2, -0.15) is 9.59 Å². The highest BCUT2D eigenvalue weighted by Crippen LogP contribution is 2.27. The number of carbonyl (C=O) groups excluding carboxylic acids is 4. The van der Waals surface area contributed by atoms with Crippen LogP contribution < -0.4 is 0 Å². The Hall–Kier alpha value is -2.20. The second-order valence-electron chi connectivity index (χ2n) is 5.68. The number of aliphatic hydroxyl groups excluding tert-OH is 2. The minimum Gasteiger partial charge on any atom is -0.428 e. The third kappa shape index (κ3) is 8.66. The number of carbonyl (C=O) groups is 2. The van der Waals surface area contributed by atoms with Gasteiger partial charge >= 0.3 is 12.1 Å². The highest BCUT2D eigenvalue weighted by atomic mass is 79.9. The summed E-state index contributed by atoms with van der Waals surface area (Å²) in [5.74, 6) is -0.451. The van der Waals surface area contributed by atoms with Gasteiger partial charge in [0.15, 0.2) is 12.6 Å². The summed E-state index contributed by atoms with van der Waals surface area (Å²) in [6, 6.07) is 12.3. The molecule has 2 N–H and O–H groups in total. The van der Waals surface area contributed by atoms with E-state index >= 15 is 0 Å². The largest absolute Gasteiger partial charge is 0.428 e. The number of ether oxygens (including phenoxy) is 2.